The molecule has 1 aliphatic rings. The minimum absolute atomic E-state index is 0.0388. The molecule has 1 fully saturated rings. The van der Waals surface area contributed by atoms with Crippen LogP contribution in [0.1, 0.15) is 47.2 Å². The molecule has 0 bridgehead atoms. The van der Waals surface area contributed by atoms with E-state index < -0.39 is 21.9 Å². The van der Waals surface area contributed by atoms with Crippen molar-refractivity contribution in [3.8, 4) is 0 Å². The van der Waals surface area contributed by atoms with Gasteiger partial charge < -0.3 is 4.90 Å². The highest BCUT2D eigenvalue weighted by Gasteiger charge is 2.36. The summed E-state index contributed by atoms with van der Waals surface area (Å²) in [5.41, 5.74) is 0.894. The first kappa shape index (κ1) is 20.3. The van der Waals surface area contributed by atoms with Crippen molar-refractivity contribution in [2.45, 2.75) is 37.1 Å². The lowest BCUT2D eigenvalue weighted by atomic mass is 10.0. The molecular formula is C19H23FN4O3S. The molecule has 2 aromatic rings. The molecule has 1 amide bonds. The third-order valence-corrected chi connectivity index (χ3v) is 6.73. The Morgan fingerprint density at radius 2 is 1.89 bits per heavy atom. The summed E-state index contributed by atoms with van der Waals surface area (Å²) in [6.07, 6.45) is 3.62. The van der Waals surface area contributed by atoms with Gasteiger partial charge in [0, 0.05) is 26.8 Å². The fourth-order valence-electron chi connectivity index (χ4n) is 3.29. The Hall–Kier alpha value is -2.39. The van der Waals surface area contributed by atoms with Gasteiger partial charge in [0.15, 0.2) is 0 Å². The van der Waals surface area contributed by atoms with Crippen LogP contribution in [0.25, 0.3) is 0 Å². The molecule has 0 aliphatic carbocycles. The zero-order chi connectivity index (χ0) is 20.5. The number of sulfonamides is 1. The van der Waals surface area contributed by atoms with Crippen LogP contribution in [0.4, 0.5) is 4.39 Å². The van der Waals surface area contributed by atoms with Crippen LogP contribution in [-0.4, -0.2) is 54.1 Å². The Labute approximate surface area is 164 Å². The fraction of sp³-hybridized carbons (Fsp3) is 0.421. The Morgan fingerprint density at radius 3 is 2.50 bits per heavy atom. The number of halogens is 1. The lowest BCUT2D eigenvalue weighted by Crippen LogP contribution is -2.39. The largest absolute Gasteiger partial charge is 0.345 e. The monoisotopic (exact) mass is 406 g/mol. The number of aryl methyl sites for hydroxylation is 1. The first-order valence-corrected chi connectivity index (χ1v) is 10.5. The van der Waals surface area contributed by atoms with Crippen LogP contribution < -0.4 is 0 Å². The zero-order valence-corrected chi connectivity index (χ0v) is 16.9. The average molecular weight is 406 g/mol. The van der Waals surface area contributed by atoms with Crippen LogP contribution in [-0.2, 0) is 10.0 Å². The van der Waals surface area contributed by atoms with E-state index in [0.29, 0.717) is 30.0 Å². The van der Waals surface area contributed by atoms with Gasteiger partial charge in [-0.2, -0.15) is 4.31 Å². The Kier molecular flexibility index (Phi) is 5.76. The van der Waals surface area contributed by atoms with E-state index in [0.717, 1.165) is 25.0 Å². The first-order chi connectivity index (χ1) is 13.2. The maximum absolute atomic E-state index is 13.2. The molecule has 3 rings (SSSR count). The second kappa shape index (κ2) is 7.92. The number of rotatable bonds is 4. The van der Waals surface area contributed by atoms with E-state index in [9.17, 15) is 17.6 Å². The second-order valence-electron chi connectivity index (χ2n) is 7.01. The van der Waals surface area contributed by atoms with Crippen LogP contribution in [0.3, 0.4) is 0 Å². The highest BCUT2D eigenvalue weighted by molar-refractivity contribution is 7.89. The second-order valence-corrected chi connectivity index (χ2v) is 8.90. The molecule has 150 valence electrons. The van der Waals surface area contributed by atoms with Crippen molar-refractivity contribution in [1.29, 1.82) is 0 Å². The van der Waals surface area contributed by atoms with Gasteiger partial charge in [0.2, 0.25) is 10.0 Å². The number of hydrogen-bond donors (Lipinski definition) is 0. The van der Waals surface area contributed by atoms with Crippen LogP contribution in [0.2, 0.25) is 0 Å². The van der Waals surface area contributed by atoms with Gasteiger partial charge in [0.25, 0.3) is 5.91 Å². The van der Waals surface area contributed by atoms with E-state index in [1.165, 1.54) is 27.5 Å². The number of benzene rings is 1. The molecule has 0 saturated carbocycles. The number of amides is 1. The molecule has 1 atom stereocenters. The van der Waals surface area contributed by atoms with E-state index in [1.54, 1.807) is 21.0 Å². The molecule has 7 nitrogen and oxygen atoms in total. The average Bonchev–Trinajstić information content (AvgIpc) is 2.67. The molecule has 2 heterocycles. The van der Waals surface area contributed by atoms with Crippen LogP contribution in [0, 0.1) is 12.7 Å². The molecule has 1 aromatic heterocycles. The van der Waals surface area contributed by atoms with Crippen molar-refractivity contribution in [3.05, 3.63) is 53.4 Å². The molecular weight excluding hydrogens is 383 g/mol. The highest BCUT2D eigenvalue weighted by Crippen LogP contribution is 2.34. The lowest BCUT2D eigenvalue weighted by molar-refractivity contribution is 0.0825. The molecule has 28 heavy (non-hydrogen) atoms. The molecule has 1 saturated heterocycles. The van der Waals surface area contributed by atoms with Gasteiger partial charge in [0.1, 0.15) is 11.6 Å². The minimum Gasteiger partial charge on any atom is -0.345 e. The van der Waals surface area contributed by atoms with Gasteiger partial charge >= 0.3 is 0 Å². The van der Waals surface area contributed by atoms with Gasteiger partial charge in [-0.15, -0.1) is 0 Å². The number of hydrogen-bond acceptors (Lipinski definition) is 5. The van der Waals surface area contributed by atoms with E-state index >= 15 is 0 Å². The summed E-state index contributed by atoms with van der Waals surface area (Å²) in [6.45, 7) is 2.05. The van der Waals surface area contributed by atoms with Crippen molar-refractivity contribution in [2.24, 2.45) is 0 Å². The predicted octanol–water partition coefficient (Wildman–Crippen LogP) is 2.54. The summed E-state index contributed by atoms with van der Waals surface area (Å²) in [5.74, 6) is -0.323. The summed E-state index contributed by atoms with van der Waals surface area (Å²) in [6, 6.07) is 4.27. The SMILES string of the molecule is Cc1nc([C@@H]2CCCCN2S(=O)(=O)c2ccc(F)cc2)ncc1C(=O)N(C)C. The van der Waals surface area contributed by atoms with Crippen LogP contribution >= 0.6 is 0 Å². The Balaban J connectivity index is 1.97. The standard InChI is InChI=1S/C19H23FN4O3S/c1-13-16(19(25)23(2)3)12-21-18(22-13)17-6-4-5-11-24(17)28(26,27)15-9-7-14(20)8-10-15/h7-10,12,17H,4-6,11H2,1-3H3/t17-/m0/s1. The van der Waals surface area contributed by atoms with Crippen molar-refractivity contribution in [2.75, 3.05) is 20.6 Å². The summed E-state index contributed by atoms with van der Waals surface area (Å²) < 4.78 is 40.8. The number of nitrogens with zero attached hydrogens (tertiary/aromatic N) is 4. The molecule has 0 N–H and O–H groups in total. The maximum Gasteiger partial charge on any atom is 0.256 e. The van der Waals surface area contributed by atoms with Crippen LogP contribution in [0.5, 0.6) is 0 Å². The summed E-state index contributed by atoms with van der Waals surface area (Å²) in [4.78, 5) is 22.4. The van der Waals surface area contributed by atoms with Gasteiger partial charge in [-0.1, -0.05) is 6.42 Å². The number of carbonyl (C=O) groups excluding carboxylic acids is 1. The molecule has 0 unspecified atom stereocenters. The molecule has 1 aliphatic heterocycles. The Morgan fingerprint density at radius 1 is 1.21 bits per heavy atom. The lowest BCUT2D eigenvalue weighted by Gasteiger charge is -2.33. The predicted molar refractivity (Wildman–Crippen MR) is 102 cm³/mol. The quantitative estimate of drug-likeness (QED) is 0.779. The smallest absolute Gasteiger partial charge is 0.256 e. The molecule has 0 radical (unpaired) electrons. The third kappa shape index (κ3) is 3.90. The highest BCUT2D eigenvalue weighted by atomic mass is 32.2. The van der Waals surface area contributed by atoms with Crippen molar-refractivity contribution in [1.82, 2.24) is 19.2 Å². The molecule has 1 aromatic carbocycles. The fourth-order valence-corrected chi connectivity index (χ4v) is 4.94. The summed E-state index contributed by atoms with van der Waals surface area (Å²) >= 11 is 0. The first-order valence-electron chi connectivity index (χ1n) is 9.04. The van der Waals surface area contributed by atoms with Crippen molar-refractivity contribution in [3.63, 3.8) is 0 Å². The van der Waals surface area contributed by atoms with Gasteiger partial charge in [-0.25, -0.2) is 22.8 Å². The van der Waals surface area contributed by atoms with Gasteiger partial charge in [-0.05, 0) is 44.0 Å². The van der Waals surface area contributed by atoms with Gasteiger partial charge in [-0.3, -0.25) is 4.79 Å². The van der Waals surface area contributed by atoms with Crippen LogP contribution in [0.15, 0.2) is 35.4 Å². The number of carbonyl (C=O) groups is 1. The third-order valence-electron chi connectivity index (χ3n) is 4.81. The zero-order valence-electron chi connectivity index (χ0n) is 16.1. The molecule has 0 spiro atoms. The summed E-state index contributed by atoms with van der Waals surface area (Å²) in [7, 11) is -0.524. The van der Waals surface area contributed by atoms with E-state index in [1.807, 2.05) is 0 Å². The molecule has 9 heteroatoms. The summed E-state index contributed by atoms with van der Waals surface area (Å²) in [5, 5.41) is 0. The topological polar surface area (TPSA) is 83.5 Å². The Bertz CT molecular complexity index is 977. The number of piperidine rings is 1. The number of aromatic nitrogens is 2. The van der Waals surface area contributed by atoms with Crippen molar-refractivity contribution < 1.29 is 17.6 Å². The van der Waals surface area contributed by atoms with E-state index in [2.05, 4.69) is 9.97 Å². The van der Waals surface area contributed by atoms with E-state index in [4.69, 9.17) is 0 Å². The van der Waals surface area contributed by atoms with E-state index in [-0.39, 0.29) is 10.8 Å². The maximum atomic E-state index is 13.2. The van der Waals surface area contributed by atoms with Gasteiger partial charge in [0.05, 0.1) is 22.2 Å². The normalized spacial score (nSPS) is 18.1. The van der Waals surface area contributed by atoms with Crippen molar-refractivity contribution >= 4 is 15.9 Å². The minimum atomic E-state index is -3.82.